The van der Waals surface area contributed by atoms with Crippen LogP contribution < -0.4 is 5.32 Å². The Labute approximate surface area is 111 Å². The van der Waals surface area contributed by atoms with Crippen molar-refractivity contribution in [1.82, 2.24) is 10.3 Å². The predicted molar refractivity (Wildman–Crippen MR) is 74.1 cm³/mol. The molecule has 0 saturated heterocycles. The molecule has 0 aliphatic rings. The molecule has 1 aromatic carbocycles. The normalized spacial score (nSPS) is 10.8. The predicted octanol–water partition coefficient (Wildman–Crippen LogP) is 3.20. The Bertz CT molecular complexity index is 596. The quantitative estimate of drug-likeness (QED) is 0.861. The number of ketones is 1. The van der Waals surface area contributed by atoms with Crippen molar-refractivity contribution in [1.29, 1.82) is 0 Å². The van der Waals surface area contributed by atoms with Crippen LogP contribution in [0.1, 0.15) is 29.9 Å². The third-order valence-corrected chi connectivity index (χ3v) is 3.09. The average Bonchev–Trinajstić information content (AvgIpc) is 2.36. The molecule has 0 amide bonds. The average molecular weight is 263 g/mol. The number of hydrogen-bond donors (Lipinski definition) is 1. The summed E-state index contributed by atoms with van der Waals surface area (Å²) in [6, 6.07) is 7.26. The minimum Gasteiger partial charge on any atom is -0.311 e. The Kier molecular flexibility index (Phi) is 3.94. The van der Waals surface area contributed by atoms with Crippen LogP contribution in [0.25, 0.3) is 10.9 Å². The van der Waals surface area contributed by atoms with Crippen LogP contribution >= 0.6 is 11.6 Å². The molecule has 0 saturated carbocycles. The van der Waals surface area contributed by atoms with Crippen molar-refractivity contribution < 1.29 is 4.79 Å². The molecule has 0 aliphatic carbocycles. The number of aromatic nitrogens is 1. The molecule has 4 heteroatoms. The second kappa shape index (κ2) is 5.46. The van der Waals surface area contributed by atoms with Crippen LogP contribution in [0, 0.1) is 0 Å². The topological polar surface area (TPSA) is 42.0 Å². The van der Waals surface area contributed by atoms with Gasteiger partial charge in [0.25, 0.3) is 0 Å². The van der Waals surface area contributed by atoms with Gasteiger partial charge in [0.2, 0.25) is 0 Å². The molecule has 94 valence electrons. The largest absolute Gasteiger partial charge is 0.311 e. The summed E-state index contributed by atoms with van der Waals surface area (Å²) >= 11 is 6.24. The molecule has 1 heterocycles. The highest BCUT2D eigenvalue weighted by Crippen LogP contribution is 2.24. The highest BCUT2D eigenvalue weighted by molar-refractivity contribution is 6.35. The van der Waals surface area contributed by atoms with Crippen LogP contribution in [0.3, 0.4) is 0 Å². The van der Waals surface area contributed by atoms with E-state index in [9.17, 15) is 4.79 Å². The van der Waals surface area contributed by atoms with E-state index < -0.39 is 0 Å². The molecule has 1 aromatic heterocycles. The summed E-state index contributed by atoms with van der Waals surface area (Å²) in [6.07, 6.45) is 0. The summed E-state index contributed by atoms with van der Waals surface area (Å²) in [5.74, 6) is 0.0321. The molecule has 0 radical (unpaired) electrons. The van der Waals surface area contributed by atoms with Crippen molar-refractivity contribution >= 4 is 28.3 Å². The Balaban J connectivity index is 2.48. The van der Waals surface area contributed by atoms with E-state index in [-0.39, 0.29) is 5.78 Å². The first kappa shape index (κ1) is 13.0. The molecular formula is C14H15ClN2O. The van der Waals surface area contributed by atoms with Crippen LogP contribution in [0.4, 0.5) is 0 Å². The number of nitrogens with zero attached hydrogens (tertiary/aromatic N) is 1. The van der Waals surface area contributed by atoms with Gasteiger partial charge in [0.1, 0.15) is 0 Å². The molecule has 2 aromatic rings. The fraction of sp³-hybridized carbons (Fsp3) is 0.286. The first-order valence-corrected chi connectivity index (χ1v) is 6.30. The summed E-state index contributed by atoms with van der Waals surface area (Å²) in [4.78, 5) is 15.9. The maximum Gasteiger partial charge on any atom is 0.159 e. The van der Waals surface area contributed by atoms with Gasteiger partial charge in [0.15, 0.2) is 5.78 Å². The maximum atomic E-state index is 11.3. The van der Waals surface area contributed by atoms with E-state index in [1.54, 1.807) is 19.1 Å². The third kappa shape index (κ3) is 2.68. The van der Waals surface area contributed by atoms with E-state index in [4.69, 9.17) is 11.6 Å². The van der Waals surface area contributed by atoms with E-state index in [0.717, 1.165) is 23.1 Å². The standard InChI is InChI=1S/C14H15ClN2O/c1-3-16-8-11-7-13(15)12-6-10(9(2)18)4-5-14(12)17-11/h4-7,16H,3,8H2,1-2H3. The van der Waals surface area contributed by atoms with E-state index in [2.05, 4.69) is 10.3 Å². The monoisotopic (exact) mass is 262 g/mol. The number of halogens is 1. The molecule has 0 atom stereocenters. The molecule has 18 heavy (non-hydrogen) atoms. The molecule has 0 spiro atoms. The zero-order chi connectivity index (χ0) is 13.1. The highest BCUT2D eigenvalue weighted by Gasteiger charge is 2.07. The number of carbonyl (C=O) groups is 1. The number of benzene rings is 1. The molecule has 0 unspecified atom stereocenters. The minimum absolute atomic E-state index is 0.0321. The van der Waals surface area contributed by atoms with Crippen LogP contribution in [0.2, 0.25) is 5.02 Å². The molecule has 2 rings (SSSR count). The van der Waals surface area contributed by atoms with Gasteiger partial charge in [0.05, 0.1) is 16.2 Å². The van der Waals surface area contributed by atoms with Gasteiger partial charge >= 0.3 is 0 Å². The number of nitrogens with one attached hydrogen (secondary N) is 1. The zero-order valence-corrected chi connectivity index (χ0v) is 11.2. The number of hydrogen-bond acceptors (Lipinski definition) is 3. The van der Waals surface area contributed by atoms with E-state index in [1.165, 1.54) is 0 Å². The minimum atomic E-state index is 0.0321. The van der Waals surface area contributed by atoms with Gasteiger partial charge < -0.3 is 5.32 Å². The third-order valence-electron chi connectivity index (χ3n) is 2.77. The lowest BCUT2D eigenvalue weighted by atomic mass is 10.1. The number of carbonyl (C=O) groups excluding carboxylic acids is 1. The lowest BCUT2D eigenvalue weighted by Crippen LogP contribution is -2.12. The molecule has 3 nitrogen and oxygen atoms in total. The number of Topliss-reactive ketones (excluding diaryl/α,β-unsaturated/α-hetero) is 1. The summed E-state index contributed by atoms with van der Waals surface area (Å²) in [7, 11) is 0. The van der Waals surface area contributed by atoms with Crippen LogP contribution in [0.15, 0.2) is 24.3 Å². The lowest BCUT2D eigenvalue weighted by molar-refractivity contribution is 0.101. The van der Waals surface area contributed by atoms with Crippen molar-refractivity contribution in [3.63, 3.8) is 0 Å². The van der Waals surface area contributed by atoms with Gasteiger partial charge in [-0.05, 0) is 37.7 Å². The van der Waals surface area contributed by atoms with Gasteiger partial charge in [0, 0.05) is 17.5 Å². The first-order valence-electron chi connectivity index (χ1n) is 5.92. The summed E-state index contributed by atoms with van der Waals surface area (Å²) in [5, 5.41) is 4.67. The highest BCUT2D eigenvalue weighted by atomic mass is 35.5. The molecule has 0 aliphatic heterocycles. The number of pyridine rings is 1. The summed E-state index contributed by atoms with van der Waals surface area (Å²) in [5.41, 5.74) is 2.39. The van der Waals surface area contributed by atoms with E-state index in [0.29, 0.717) is 17.1 Å². The van der Waals surface area contributed by atoms with Gasteiger partial charge in [-0.15, -0.1) is 0 Å². The Morgan fingerprint density at radius 3 is 2.83 bits per heavy atom. The van der Waals surface area contributed by atoms with Crippen LogP contribution in [-0.4, -0.2) is 17.3 Å². The second-order valence-corrected chi connectivity index (χ2v) is 4.57. The molecule has 1 N–H and O–H groups in total. The molecule has 0 bridgehead atoms. The van der Waals surface area contributed by atoms with Gasteiger partial charge in [-0.1, -0.05) is 18.5 Å². The second-order valence-electron chi connectivity index (χ2n) is 4.16. The molecule has 0 fully saturated rings. The Morgan fingerprint density at radius 2 is 2.17 bits per heavy atom. The van der Waals surface area contributed by atoms with Crippen molar-refractivity contribution in [2.75, 3.05) is 6.54 Å². The van der Waals surface area contributed by atoms with Gasteiger partial charge in [-0.25, -0.2) is 0 Å². The van der Waals surface area contributed by atoms with Crippen molar-refractivity contribution in [2.45, 2.75) is 20.4 Å². The number of fused-ring (bicyclic) bond motifs is 1. The number of rotatable bonds is 4. The summed E-state index contributed by atoms with van der Waals surface area (Å²) in [6.45, 7) is 5.17. The van der Waals surface area contributed by atoms with Gasteiger partial charge in [-0.3, -0.25) is 9.78 Å². The van der Waals surface area contributed by atoms with Crippen LogP contribution in [-0.2, 0) is 6.54 Å². The fourth-order valence-electron chi connectivity index (χ4n) is 1.80. The van der Waals surface area contributed by atoms with Crippen LogP contribution in [0.5, 0.6) is 0 Å². The van der Waals surface area contributed by atoms with E-state index in [1.807, 2.05) is 19.1 Å². The maximum absolute atomic E-state index is 11.3. The lowest BCUT2D eigenvalue weighted by Gasteiger charge is -2.07. The smallest absolute Gasteiger partial charge is 0.159 e. The molecular weight excluding hydrogens is 248 g/mol. The zero-order valence-electron chi connectivity index (χ0n) is 10.5. The summed E-state index contributed by atoms with van der Waals surface area (Å²) < 4.78 is 0. The Hall–Kier alpha value is -1.45. The van der Waals surface area contributed by atoms with Crippen molar-refractivity contribution in [3.8, 4) is 0 Å². The first-order chi connectivity index (χ1) is 8.61. The van der Waals surface area contributed by atoms with E-state index >= 15 is 0 Å². The Morgan fingerprint density at radius 1 is 1.39 bits per heavy atom. The fourth-order valence-corrected chi connectivity index (χ4v) is 2.08. The van der Waals surface area contributed by atoms with Gasteiger partial charge in [-0.2, -0.15) is 0 Å². The van der Waals surface area contributed by atoms with Crippen molar-refractivity contribution in [2.24, 2.45) is 0 Å². The SMILES string of the molecule is CCNCc1cc(Cl)c2cc(C(C)=O)ccc2n1. The van der Waals surface area contributed by atoms with Crippen molar-refractivity contribution in [3.05, 3.63) is 40.5 Å².